The van der Waals surface area contributed by atoms with Crippen LogP contribution in [0.25, 0.3) is 10.6 Å². The molecule has 4 heteroatoms. The molecule has 0 bridgehead atoms. The van der Waals surface area contributed by atoms with E-state index in [0.29, 0.717) is 0 Å². The molecule has 0 fully saturated rings. The standard InChI is InChI=1S/C13H13NOS2/c15-7-11-8-17-13(14-11)10-3-4-12-9(6-10)2-1-5-16-12/h3-4,6,8,15H,1-2,5,7H2. The first-order chi connectivity index (χ1) is 8.36. The molecule has 1 aromatic carbocycles. The minimum atomic E-state index is 0.0251. The highest BCUT2D eigenvalue weighted by Gasteiger charge is 2.12. The van der Waals surface area contributed by atoms with Crippen LogP contribution in [0.4, 0.5) is 0 Å². The van der Waals surface area contributed by atoms with E-state index in [1.54, 1.807) is 11.3 Å². The summed E-state index contributed by atoms with van der Waals surface area (Å²) in [5, 5.41) is 12.0. The largest absolute Gasteiger partial charge is 0.390 e. The molecule has 17 heavy (non-hydrogen) atoms. The number of aromatic nitrogens is 1. The van der Waals surface area contributed by atoms with E-state index in [2.05, 4.69) is 23.2 Å². The van der Waals surface area contributed by atoms with Gasteiger partial charge in [0.2, 0.25) is 0 Å². The van der Waals surface area contributed by atoms with Crippen molar-refractivity contribution < 1.29 is 5.11 Å². The van der Waals surface area contributed by atoms with E-state index in [1.165, 1.54) is 34.6 Å². The van der Waals surface area contributed by atoms with Gasteiger partial charge in [-0.05, 0) is 36.3 Å². The van der Waals surface area contributed by atoms with Crippen LogP contribution in [0.3, 0.4) is 0 Å². The van der Waals surface area contributed by atoms with Crippen LogP contribution in [0.2, 0.25) is 0 Å². The highest BCUT2D eigenvalue weighted by atomic mass is 32.2. The van der Waals surface area contributed by atoms with Crippen molar-refractivity contribution in [3.05, 3.63) is 34.8 Å². The van der Waals surface area contributed by atoms with Gasteiger partial charge < -0.3 is 5.11 Å². The summed E-state index contributed by atoms with van der Waals surface area (Å²) in [5.41, 5.74) is 3.38. The second-order valence-corrected chi connectivity index (χ2v) is 6.07. The second kappa shape index (κ2) is 4.80. The van der Waals surface area contributed by atoms with Gasteiger partial charge in [-0.3, -0.25) is 0 Å². The lowest BCUT2D eigenvalue weighted by molar-refractivity contribution is 0.278. The molecule has 0 atom stereocenters. The summed E-state index contributed by atoms with van der Waals surface area (Å²) in [6.45, 7) is 0.0251. The molecule has 1 aliphatic heterocycles. The van der Waals surface area contributed by atoms with Gasteiger partial charge in [-0.1, -0.05) is 6.07 Å². The fourth-order valence-corrected chi connectivity index (χ4v) is 3.83. The van der Waals surface area contributed by atoms with E-state index >= 15 is 0 Å². The van der Waals surface area contributed by atoms with Gasteiger partial charge in [0.15, 0.2) is 0 Å². The quantitative estimate of drug-likeness (QED) is 0.902. The Morgan fingerprint density at radius 3 is 3.12 bits per heavy atom. The van der Waals surface area contributed by atoms with E-state index in [0.717, 1.165) is 10.7 Å². The summed E-state index contributed by atoms with van der Waals surface area (Å²) in [4.78, 5) is 5.83. The molecular weight excluding hydrogens is 250 g/mol. The normalized spacial score (nSPS) is 14.6. The van der Waals surface area contributed by atoms with Gasteiger partial charge >= 0.3 is 0 Å². The zero-order valence-electron chi connectivity index (χ0n) is 9.35. The number of nitrogens with zero attached hydrogens (tertiary/aromatic N) is 1. The minimum absolute atomic E-state index is 0.0251. The Hall–Kier alpha value is -0.840. The van der Waals surface area contributed by atoms with Crippen LogP contribution in [0.5, 0.6) is 0 Å². The molecule has 0 radical (unpaired) electrons. The van der Waals surface area contributed by atoms with Gasteiger partial charge in [0.25, 0.3) is 0 Å². The lowest BCUT2D eigenvalue weighted by atomic mass is 10.1. The predicted molar refractivity (Wildman–Crippen MR) is 72.5 cm³/mol. The highest BCUT2D eigenvalue weighted by molar-refractivity contribution is 7.99. The molecule has 0 aliphatic carbocycles. The Labute approximate surface area is 109 Å². The first-order valence-electron chi connectivity index (χ1n) is 5.68. The molecule has 0 amide bonds. The van der Waals surface area contributed by atoms with Crippen LogP contribution in [0.1, 0.15) is 17.7 Å². The molecule has 2 nitrogen and oxygen atoms in total. The first kappa shape index (κ1) is 11.3. The molecule has 1 N–H and O–H groups in total. The van der Waals surface area contributed by atoms with E-state index < -0.39 is 0 Å². The van der Waals surface area contributed by atoms with Crippen LogP contribution in [0.15, 0.2) is 28.5 Å². The summed E-state index contributed by atoms with van der Waals surface area (Å²) in [5.74, 6) is 1.23. The first-order valence-corrected chi connectivity index (χ1v) is 7.55. The van der Waals surface area contributed by atoms with Gasteiger partial charge in [0.05, 0.1) is 12.3 Å². The van der Waals surface area contributed by atoms with Gasteiger partial charge in [0.1, 0.15) is 5.01 Å². The number of benzene rings is 1. The molecule has 0 saturated heterocycles. The topological polar surface area (TPSA) is 33.1 Å². The van der Waals surface area contributed by atoms with Crippen molar-refractivity contribution in [3.63, 3.8) is 0 Å². The number of rotatable bonds is 2. The van der Waals surface area contributed by atoms with Crippen molar-refractivity contribution in [2.45, 2.75) is 24.3 Å². The van der Waals surface area contributed by atoms with E-state index in [-0.39, 0.29) is 6.61 Å². The van der Waals surface area contributed by atoms with Crippen LogP contribution in [-0.4, -0.2) is 15.8 Å². The van der Waals surface area contributed by atoms with Crippen molar-refractivity contribution in [1.29, 1.82) is 0 Å². The molecule has 2 heterocycles. The summed E-state index contributed by atoms with van der Waals surface area (Å²) < 4.78 is 0. The highest BCUT2D eigenvalue weighted by Crippen LogP contribution is 2.34. The monoisotopic (exact) mass is 263 g/mol. The maximum atomic E-state index is 9.03. The fourth-order valence-electron chi connectivity index (χ4n) is 2.01. The summed E-state index contributed by atoms with van der Waals surface area (Å²) in [6.07, 6.45) is 2.44. The molecular formula is C13H13NOS2. The third-order valence-corrected chi connectivity index (χ3v) is 5.01. The SMILES string of the molecule is OCc1csc(-c2ccc3c(c2)CCCS3)n1. The maximum Gasteiger partial charge on any atom is 0.123 e. The lowest BCUT2D eigenvalue weighted by Gasteiger charge is -2.15. The summed E-state index contributed by atoms with van der Waals surface area (Å²) in [7, 11) is 0. The number of hydrogen-bond acceptors (Lipinski definition) is 4. The van der Waals surface area contributed by atoms with E-state index in [4.69, 9.17) is 5.11 Å². The average Bonchev–Trinajstić information content (AvgIpc) is 2.87. The fraction of sp³-hybridized carbons (Fsp3) is 0.308. The third-order valence-electron chi connectivity index (χ3n) is 2.87. The molecule has 0 unspecified atom stereocenters. The summed E-state index contributed by atoms with van der Waals surface area (Å²) in [6, 6.07) is 6.59. The second-order valence-electron chi connectivity index (χ2n) is 4.08. The lowest BCUT2D eigenvalue weighted by Crippen LogP contribution is -1.98. The summed E-state index contributed by atoms with van der Waals surface area (Å²) >= 11 is 3.55. The number of hydrogen-bond donors (Lipinski definition) is 1. The van der Waals surface area contributed by atoms with E-state index in [1.807, 2.05) is 17.1 Å². The smallest absolute Gasteiger partial charge is 0.123 e. The number of aliphatic hydroxyl groups is 1. The van der Waals surface area contributed by atoms with Gasteiger partial charge in [0, 0.05) is 15.8 Å². The number of aliphatic hydroxyl groups excluding tert-OH is 1. The van der Waals surface area contributed by atoms with Crippen LogP contribution >= 0.6 is 23.1 Å². The Balaban J connectivity index is 1.97. The van der Waals surface area contributed by atoms with Crippen molar-refractivity contribution in [2.24, 2.45) is 0 Å². The molecule has 3 rings (SSSR count). The molecule has 0 saturated carbocycles. The van der Waals surface area contributed by atoms with Crippen molar-refractivity contribution in [1.82, 2.24) is 4.98 Å². The van der Waals surface area contributed by atoms with Gasteiger partial charge in [-0.15, -0.1) is 23.1 Å². The van der Waals surface area contributed by atoms with E-state index in [9.17, 15) is 0 Å². The Morgan fingerprint density at radius 1 is 1.35 bits per heavy atom. The minimum Gasteiger partial charge on any atom is -0.390 e. The van der Waals surface area contributed by atoms with Crippen LogP contribution in [0, 0.1) is 0 Å². The van der Waals surface area contributed by atoms with Gasteiger partial charge in [-0.2, -0.15) is 0 Å². The molecule has 88 valence electrons. The maximum absolute atomic E-state index is 9.03. The molecule has 0 spiro atoms. The Morgan fingerprint density at radius 2 is 2.29 bits per heavy atom. The van der Waals surface area contributed by atoms with Crippen molar-refractivity contribution >= 4 is 23.1 Å². The van der Waals surface area contributed by atoms with Crippen LogP contribution in [-0.2, 0) is 13.0 Å². The zero-order valence-corrected chi connectivity index (χ0v) is 11.0. The average molecular weight is 263 g/mol. The number of aryl methyl sites for hydroxylation is 1. The number of thioether (sulfide) groups is 1. The molecule has 2 aromatic rings. The number of thiazole rings is 1. The van der Waals surface area contributed by atoms with Crippen molar-refractivity contribution in [3.8, 4) is 10.6 Å². The number of fused-ring (bicyclic) bond motifs is 1. The Kier molecular flexibility index (Phi) is 3.18. The molecule has 1 aromatic heterocycles. The van der Waals surface area contributed by atoms with Gasteiger partial charge in [-0.25, -0.2) is 4.98 Å². The third kappa shape index (κ3) is 2.25. The molecule has 1 aliphatic rings. The predicted octanol–water partition coefficient (Wildman–Crippen LogP) is 3.34. The van der Waals surface area contributed by atoms with Crippen LogP contribution < -0.4 is 0 Å². The zero-order chi connectivity index (χ0) is 11.7. The Bertz CT molecular complexity index is 536. The van der Waals surface area contributed by atoms with Crippen molar-refractivity contribution in [2.75, 3.05) is 5.75 Å².